The van der Waals surface area contributed by atoms with Gasteiger partial charge in [-0.25, -0.2) is 9.78 Å². The molecule has 7 heteroatoms. The van der Waals surface area contributed by atoms with E-state index in [1.54, 1.807) is 0 Å². The van der Waals surface area contributed by atoms with Gasteiger partial charge in [0.15, 0.2) is 0 Å². The fourth-order valence-electron chi connectivity index (χ4n) is 1.99. The highest BCUT2D eigenvalue weighted by Crippen LogP contribution is 2.30. The van der Waals surface area contributed by atoms with Gasteiger partial charge in [-0.1, -0.05) is 11.6 Å². The number of β-amino-alcohol motifs (C(OH)–C–C–N with tert-alkyl or cyclic N) is 1. The number of rotatable bonds is 2. The van der Waals surface area contributed by atoms with Crippen LogP contribution in [-0.4, -0.2) is 39.9 Å². The summed E-state index contributed by atoms with van der Waals surface area (Å²) in [5.41, 5.74) is 0.301. The van der Waals surface area contributed by atoms with Gasteiger partial charge < -0.3 is 15.1 Å². The van der Waals surface area contributed by atoms with E-state index in [1.807, 2.05) is 6.07 Å². The van der Waals surface area contributed by atoms with Crippen molar-refractivity contribution < 1.29 is 15.0 Å². The molecule has 0 aromatic carbocycles. The quantitative estimate of drug-likeness (QED) is 0.816. The van der Waals surface area contributed by atoms with Gasteiger partial charge in [0.25, 0.3) is 0 Å². The summed E-state index contributed by atoms with van der Waals surface area (Å²) in [6.45, 7) is 0.162. The molecule has 2 rings (SSSR count). The molecule has 94 valence electrons. The largest absolute Gasteiger partial charge is 0.480 e. The predicted octanol–water partition coefficient (Wildman–Crippen LogP) is 0.631. The summed E-state index contributed by atoms with van der Waals surface area (Å²) in [6, 6.07) is 2.47. The number of pyridine rings is 1. The predicted molar refractivity (Wildman–Crippen MR) is 63.4 cm³/mol. The lowest BCUT2D eigenvalue weighted by molar-refractivity contribution is -0.138. The Kier molecular flexibility index (Phi) is 3.36. The molecule has 2 N–H and O–H groups in total. The minimum atomic E-state index is -1.03. The van der Waals surface area contributed by atoms with Gasteiger partial charge in [-0.05, 0) is 6.07 Å². The molecule has 1 fully saturated rings. The summed E-state index contributed by atoms with van der Waals surface area (Å²) < 4.78 is 0. The van der Waals surface area contributed by atoms with Gasteiger partial charge in [-0.15, -0.1) is 0 Å². The van der Waals surface area contributed by atoms with Crippen molar-refractivity contribution in [1.82, 2.24) is 4.98 Å². The molecule has 0 spiro atoms. The van der Waals surface area contributed by atoms with Crippen LogP contribution in [0.15, 0.2) is 12.3 Å². The Morgan fingerprint density at radius 1 is 1.67 bits per heavy atom. The molecule has 0 bridgehead atoms. The van der Waals surface area contributed by atoms with E-state index >= 15 is 0 Å². The third kappa shape index (κ3) is 2.23. The summed E-state index contributed by atoms with van der Waals surface area (Å²) in [7, 11) is 0. The average Bonchev–Trinajstić information content (AvgIpc) is 2.71. The molecule has 0 saturated carbocycles. The van der Waals surface area contributed by atoms with Gasteiger partial charge in [0.05, 0.1) is 16.7 Å². The Morgan fingerprint density at radius 2 is 2.39 bits per heavy atom. The second kappa shape index (κ2) is 4.80. The van der Waals surface area contributed by atoms with Crippen molar-refractivity contribution in [2.45, 2.75) is 18.6 Å². The molecule has 0 radical (unpaired) electrons. The van der Waals surface area contributed by atoms with Crippen LogP contribution in [0.5, 0.6) is 0 Å². The summed E-state index contributed by atoms with van der Waals surface area (Å²) in [5, 5.41) is 27.5. The number of anilines is 1. The number of hydrogen-bond acceptors (Lipinski definition) is 5. The van der Waals surface area contributed by atoms with Gasteiger partial charge in [-0.3, -0.25) is 0 Å². The molecule has 18 heavy (non-hydrogen) atoms. The first-order valence-electron chi connectivity index (χ1n) is 5.26. The van der Waals surface area contributed by atoms with E-state index in [-0.39, 0.29) is 23.8 Å². The highest BCUT2D eigenvalue weighted by molar-refractivity contribution is 6.33. The van der Waals surface area contributed by atoms with E-state index in [1.165, 1.54) is 17.2 Å². The van der Waals surface area contributed by atoms with Crippen LogP contribution in [0.2, 0.25) is 5.02 Å². The van der Waals surface area contributed by atoms with Crippen molar-refractivity contribution in [3.05, 3.63) is 22.8 Å². The lowest BCUT2D eigenvalue weighted by Crippen LogP contribution is -2.36. The summed E-state index contributed by atoms with van der Waals surface area (Å²) in [4.78, 5) is 16.5. The van der Waals surface area contributed by atoms with Crippen LogP contribution in [0, 0.1) is 11.3 Å². The first-order valence-corrected chi connectivity index (χ1v) is 5.64. The monoisotopic (exact) mass is 267 g/mol. The number of carboxylic acids is 1. The smallest absolute Gasteiger partial charge is 0.326 e. The summed E-state index contributed by atoms with van der Waals surface area (Å²) in [6.07, 6.45) is 0.734. The number of aromatic nitrogens is 1. The minimum Gasteiger partial charge on any atom is -0.480 e. The fraction of sp³-hybridized carbons (Fsp3) is 0.364. The topological polar surface area (TPSA) is 97.5 Å². The van der Waals surface area contributed by atoms with Crippen molar-refractivity contribution in [1.29, 1.82) is 5.26 Å². The third-order valence-electron chi connectivity index (χ3n) is 2.79. The van der Waals surface area contributed by atoms with Crippen LogP contribution in [-0.2, 0) is 4.79 Å². The second-order valence-corrected chi connectivity index (χ2v) is 4.44. The Labute approximate surface area is 108 Å². The van der Waals surface area contributed by atoms with Gasteiger partial charge in [0.1, 0.15) is 17.9 Å². The summed E-state index contributed by atoms with van der Waals surface area (Å²) in [5.74, 6) is -0.756. The molecular weight excluding hydrogens is 258 g/mol. The number of halogens is 1. The molecular formula is C11H10ClN3O3. The number of hydrogen-bond donors (Lipinski definition) is 2. The van der Waals surface area contributed by atoms with E-state index in [2.05, 4.69) is 4.98 Å². The Hall–Kier alpha value is -1.84. The standard InChI is InChI=1S/C11H10ClN3O3/c12-8-1-6(3-13)4-14-10(8)15-5-7(16)2-9(15)11(17)18/h1,4,7,9,16H,2,5H2,(H,17,18)/t7-,9+/m1/s1. The van der Waals surface area contributed by atoms with Crippen LogP contribution in [0.1, 0.15) is 12.0 Å². The molecule has 1 aliphatic heterocycles. The zero-order valence-electron chi connectivity index (χ0n) is 9.25. The number of aliphatic hydroxyl groups is 1. The number of carboxylic acid groups (broad SMARTS) is 1. The number of carbonyl (C=O) groups is 1. The zero-order valence-corrected chi connectivity index (χ0v) is 10.0. The molecule has 2 atom stereocenters. The van der Waals surface area contributed by atoms with Crippen molar-refractivity contribution >= 4 is 23.4 Å². The van der Waals surface area contributed by atoms with Crippen LogP contribution in [0.25, 0.3) is 0 Å². The first-order chi connectivity index (χ1) is 8.52. The molecule has 0 amide bonds. The van der Waals surface area contributed by atoms with Gasteiger partial charge >= 0.3 is 5.97 Å². The highest BCUT2D eigenvalue weighted by atomic mass is 35.5. The van der Waals surface area contributed by atoms with E-state index in [9.17, 15) is 9.90 Å². The number of aliphatic hydroxyl groups excluding tert-OH is 1. The lowest BCUT2D eigenvalue weighted by atomic mass is 10.2. The van der Waals surface area contributed by atoms with E-state index in [4.69, 9.17) is 22.0 Å². The Morgan fingerprint density at radius 3 is 2.94 bits per heavy atom. The number of aliphatic carboxylic acids is 1. The maximum absolute atomic E-state index is 11.1. The molecule has 0 unspecified atom stereocenters. The molecule has 1 saturated heterocycles. The third-order valence-corrected chi connectivity index (χ3v) is 3.07. The highest BCUT2D eigenvalue weighted by Gasteiger charge is 2.37. The minimum absolute atomic E-state index is 0.132. The maximum atomic E-state index is 11.1. The Bertz CT molecular complexity index is 529. The van der Waals surface area contributed by atoms with Crippen LogP contribution in [0.3, 0.4) is 0 Å². The van der Waals surface area contributed by atoms with E-state index in [0.29, 0.717) is 5.56 Å². The van der Waals surface area contributed by atoms with Crippen molar-refractivity contribution in [3.63, 3.8) is 0 Å². The molecule has 6 nitrogen and oxygen atoms in total. The SMILES string of the molecule is N#Cc1cnc(N2C[C@H](O)C[C@H]2C(=O)O)c(Cl)c1. The van der Waals surface area contributed by atoms with Crippen molar-refractivity contribution in [2.24, 2.45) is 0 Å². The van der Waals surface area contributed by atoms with E-state index in [0.717, 1.165) is 0 Å². The van der Waals surface area contributed by atoms with E-state index < -0.39 is 18.1 Å². The molecule has 1 aliphatic rings. The van der Waals surface area contributed by atoms with Crippen LogP contribution >= 0.6 is 11.6 Å². The van der Waals surface area contributed by atoms with Crippen LogP contribution < -0.4 is 4.90 Å². The van der Waals surface area contributed by atoms with Crippen LogP contribution in [0.4, 0.5) is 5.82 Å². The maximum Gasteiger partial charge on any atom is 0.326 e. The number of nitriles is 1. The normalized spacial score (nSPS) is 22.8. The van der Waals surface area contributed by atoms with Crippen molar-refractivity contribution in [2.75, 3.05) is 11.4 Å². The van der Waals surface area contributed by atoms with Crippen molar-refractivity contribution in [3.8, 4) is 6.07 Å². The van der Waals surface area contributed by atoms with Gasteiger partial charge in [-0.2, -0.15) is 5.26 Å². The molecule has 0 aliphatic carbocycles. The zero-order chi connectivity index (χ0) is 13.3. The first kappa shape index (κ1) is 12.6. The Balaban J connectivity index is 2.36. The number of nitrogens with zero attached hydrogens (tertiary/aromatic N) is 3. The lowest BCUT2D eigenvalue weighted by Gasteiger charge is -2.23. The fourth-order valence-corrected chi connectivity index (χ4v) is 2.26. The molecule has 1 aromatic heterocycles. The van der Waals surface area contributed by atoms with Gasteiger partial charge in [0.2, 0.25) is 0 Å². The average molecular weight is 268 g/mol. The second-order valence-electron chi connectivity index (χ2n) is 4.04. The van der Waals surface area contributed by atoms with Gasteiger partial charge in [0, 0.05) is 19.2 Å². The molecule has 1 aromatic rings. The summed E-state index contributed by atoms with van der Waals surface area (Å²) >= 11 is 5.98. The molecule has 2 heterocycles.